The van der Waals surface area contributed by atoms with E-state index in [4.69, 9.17) is 0 Å². The van der Waals surface area contributed by atoms with E-state index in [1.54, 1.807) is 11.3 Å². The molecule has 5 heteroatoms. The molecule has 106 valence electrons. The number of thiophene rings is 1. The maximum atomic E-state index is 11.7. The van der Waals surface area contributed by atoms with Crippen LogP contribution in [0.25, 0.3) is 0 Å². The first-order valence-corrected chi connectivity index (χ1v) is 7.74. The van der Waals surface area contributed by atoms with Gasteiger partial charge in [-0.05, 0) is 24.3 Å². The highest BCUT2D eigenvalue weighted by molar-refractivity contribution is 7.10. The molecule has 0 aliphatic heterocycles. The zero-order chi connectivity index (χ0) is 13.7. The van der Waals surface area contributed by atoms with Gasteiger partial charge in [-0.3, -0.25) is 0 Å². The predicted molar refractivity (Wildman–Crippen MR) is 77.6 cm³/mol. The second-order valence-corrected chi connectivity index (χ2v) is 6.39. The van der Waals surface area contributed by atoms with E-state index in [-0.39, 0.29) is 6.03 Å². The zero-order valence-corrected chi connectivity index (χ0v) is 12.1. The third-order valence-corrected chi connectivity index (χ3v) is 4.81. The standard InChI is InChI=1S/C14H22N2O2S/c1-11(12-5-4-8-19-12)9-15-13(17)16-10-14(18)6-2-3-7-14/h4-5,8,11,18H,2-3,6-7,9-10H2,1H3,(H2,15,16,17). The summed E-state index contributed by atoms with van der Waals surface area (Å²) in [6, 6.07) is 3.91. The van der Waals surface area contributed by atoms with E-state index < -0.39 is 5.60 Å². The monoisotopic (exact) mass is 282 g/mol. The second kappa shape index (κ2) is 6.39. The van der Waals surface area contributed by atoms with Crippen LogP contribution in [0.1, 0.15) is 43.4 Å². The molecule has 0 bridgehead atoms. The Morgan fingerprint density at radius 2 is 2.21 bits per heavy atom. The Kier molecular flexibility index (Phi) is 4.82. The third-order valence-electron chi connectivity index (χ3n) is 3.71. The largest absolute Gasteiger partial charge is 0.388 e. The number of urea groups is 1. The Balaban J connectivity index is 1.67. The molecule has 1 aromatic rings. The van der Waals surface area contributed by atoms with Crippen molar-refractivity contribution in [3.63, 3.8) is 0 Å². The molecule has 1 aromatic heterocycles. The lowest BCUT2D eigenvalue weighted by Gasteiger charge is -2.22. The fraction of sp³-hybridized carbons (Fsp3) is 0.643. The fourth-order valence-corrected chi connectivity index (χ4v) is 3.22. The molecule has 1 aliphatic carbocycles. The van der Waals surface area contributed by atoms with Crippen LogP contribution < -0.4 is 10.6 Å². The molecule has 1 heterocycles. The maximum Gasteiger partial charge on any atom is 0.314 e. The van der Waals surface area contributed by atoms with Gasteiger partial charge in [-0.1, -0.05) is 25.8 Å². The number of hydrogen-bond acceptors (Lipinski definition) is 3. The fourth-order valence-electron chi connectivity index (χ4n) is 2.44. The molecule has 1 fully saturated rings. The van der Waals surface area contributed by atoms with Crippen molar-refractivity contribution in [1.29, 1.82) is 0 Å². The molecule has 19 heavy (non-hydrogen) atoms. The Labute approximate surface area is 118 Å². The molecule has 2 amide bonds. The summed E-state index contributed by atoms with van der Waals surface area (Å²) in [5.41, 5.74) is -0.684. The van der Waals surface area contributed by atoms with Gasteiger partial charge in [-0.25, -0.2) is 4.79 Å². The summed E-state index contributed by atoms with van der Waals surface area (Å²) in [6.07, 6.45) is 3.68. The Bertz CT molecular complexity index is 400. The highest BCUT2D eigenvalue weighted by Gasteiger charge is 2.31. The van der Waals surface area contributed by atoms with Crippen molar-refractivity contribution >= 4 is 17.4 Å². The van der Waals surface area contributed by atoms with Gasteiger partial charge in [0, 0.05) is 23.9 Å². The number of hydrogen-bond donors (Lipinski definition) is 3. The van der Waals surface area contributed by atoms with E-state index in [0.29, 0.717) is 19.0 Å². The van der Waals surface area contributed by atoms with Gasteiger partial charge in [0.05, 0.1) is 5.60 Å². The van der Waals surface area contributed by atoms with Gasteiger partial charge in [0.2, 0.25) is 0 Å². The van der Waals surface area contributed by atoms with E-state index >= 15 is 0 Å². The summed E-state index contributed by atoms with van der Waals surface area (Å²) in [6.45, 7) is 3.06. The van der Waals surface area contributed by atoms with Crippen LogP contribution in [0.4, 0.5) is 4.79 Å². The minimum absolute atomic E-state index is 0.191. The van der Waals surface area contributed by atoms with Crippen LogP contribution in [0, 0.1) is 0 Å². The van der Waals surface area contributed by atoms with Gasteiger partial charge in [0.1, 0.15) is 0 Å². The number of carbonyl (C=O) groups is 1. The topological polar surface area (TPSA) is 61.4 Å². The van der Waals surface area contributed by atoms with Crippen LogP contribution in [-0.2, 0) is 0 Å². The van der Waals surface area contributed by atoms with Gasteiger partial charge in [0.15, 0.2) is 0 Å². The average molecular weight is 282 g/mol. The molecular formula is C14H22N2O2S. The number of rotatable bonds is 5. The van der Waals surface area contributed by atoms with Crippen LogP contribution in [0.2, 0.25) is 0 Å². The summed E-state index contributed by atoms with van der Waals surface area (Å²) in [5, 5.41) is 17.8. The SMILES string of the molecule is CC(CNC(=O)NCC1(O)CCCC1)c1cccs1. The maximum absolute atomic E-state index is 11.7. The minimum Gasteiger partial charge on any atom is -0.388 e. The van der Waals surface area contributed by atoms with Gasteiger partial charge in [-0.15, -0.1) is 11.3 Å². The normalized spacial score (nSPS) is 19.1. The Morgan fingerprint density at radius 3 is 2.84 bits per heavy atom. The lowest BCUT2D eigenvalue weighted by Crippen LogP contribution is -2.45. The quantitative estimate of drug-likeness (QED) is 0.777. The van der Waals surface area contributed by atoms with Crippen LogP contribution >= 0.6 is 11.3 Å². The molecule has 3 N–H and O–H groups in total. The van der Waals surface area contributed by atoms with Crippen molar-refractivity contribution in [1.82, 2.24) is 10.6 Å². The van der Waals surface area contributed by atoms with Gasteiger partial charge in [-0.2, -0.15) is 0 Å². The Morgan fingerprint density at radius 1 is 1.47 bits per heavy atom. The minimum atomic E-state index is -0.684. The van der Waals surface area contributed by atoms with E-state index in [1.165, 1.54) is 4.88 Å². The van der Waals surface area contributed by atoms with Crippen molar-refractivity contribution in [2.24, 2.45) is 0 Å². The first-order valence-electron chi connectivity index (χ1n) is 6.86. The molecule has 1 aliphatic rings. The molecule has 0 radical (unpaired) electrons. The molecule has 0 saturated heterocycles. The summed E-state index contributed by atoms with van der Waals surface area (Å²) in [7, 11) is 0. The van der Waals surface area contributed by atoms with E-state index in [1.807, 2.05) is 11.4 Å². The zero-order valence-electron chi connectivity index (χ0n) is 11.3. The van der Waals surface area contributed by atoms with Gasteiger partial charge < -0.3 is 15.7 Å². The van der Waals surface area contributed by atoms with Gasteiger partial charge in [0.25, 0.3) is 0 Å². The number of aliphatic hydroxyl groups is 1. The van der Waals surface area contributed by atoms with E-state index in [2.05, 4.69) is 23.6 Å². The number of carbonyl (C=O) groups excluding carboxylic acids is 1. The lowest BCUT2D eigenvalue weighted by atomic mass is 10.0. The van der Waals surface area contributed by atoms with Crippen LogP contribution in [0.15, 0.2) is 17.5 Å². The Hall–Kier alpha value is -1.07. The lowest BCUT2D eigenvalue weighted by molar-refractivity contribution is 0.0501. The van der Waals surface area contributed by atoms with Crippen LogP contribution in [0.3, 0.4) is 0 Å². The summed E-state index contributed by atoms with van der Waals surface area (Å²) in [4.78, 5) is 13.0. The van der Waals surface area contributed by atoms with Crippen molar-refractivity contribution < 1.29 is 9.90 Å². The molecule has 2 rings (SSSR count). The average Bonchev–Trinajstić information content (AvgIpc) is 3.05. The predicted octanol–water partition coefficient (Wildman–Crippen LogP) is 2.46. The highest BCUT2D eigenvalue weighted by Crippen LogP contribution is 2.28. The molecular weight excluding hydrogens is 260 g/mol. The summed E-state index contributed by atoms with van der Waals surface area (Å²) in [5.74, 6) is 0.320. The molecule has 1 atom stereocenters. The smallest absolute Gasteiger partial charge is 0.314 e. The summed E-state index contributed by atoms with van der Waals surface area (Å²) < 4.78 is 0. The molecule has 0 aromatic carbocycles. The first-order chi connectivity index (χ1) is 9.09. The third kappa shape index (κ3) is 4.21. The number of nitrogens with one attached hydrogen (secondary N) is 2. The first kappa shape index (κ1) is 14.3. The van der Waals surface area contributed by atoms with Crippen LogP contribution in [-0.4, -0.2) is 29.8 Å². The summed E-state index contributed by atoms with van der Waals surface area (Å²) >= 11 is 1.70. The van der Waals surface area contributed by atoms with Crippen molar-refractivity contribution in [3.05, 3.63) is 22.4 Å². The highest BCUT2D eigenvalue weighted by atomic mass is 32.1. The molecule has 1 saturated carbocycles. The second-order valence-electron chi connectivity index (χ2n) is 5.41. The van der Waals surface area contributed by atoms with Crippen molar-refractivity contribution in [3.8, 4) is 0 Å². The van der Waals surface area contributed by atoms with Crippen molar-refractivity contribution in [2.75, 3.05) is 13.1 Å². The molecule has 4 nitrogen and oxygen atoms in total. The van der Waals surface area contributed by atoms with E-state index in [9.17, 15) is 9.90 Å². The molecule has 0 spiro atoms. The number of amides is 2. The van der Waals surface area contributed by atoms with Gasteiger partial charge >= 0.3 is 6.03 Å². The van der Waals surface area contributed by atoms with Crippen molar-refractivity contribution in [2.45, 2.75) is 44.1 Å². The molecule has 1 unspecified atom stereocenters. The van der Waals surface area contributed by atoms with E-state index in [0.717, 1.165) is 25.7 Å². The van der Waals surface area contributed by atoms with Crippen LogP contribution in [0.5, 0.6) is 0 Å².